The number of ketones is 1. The third-order valence-electron chi connectivity index (χ3n) is 5.42. The molecule has 204 valence electrons. The maximum Gasteiger partial charge on any atom is 0.461 e. The van der Waals surface area contributed by atoms with Gasteiger partial charge in [-0.3, -0.25) is 9.59 Å². The zero-order valence-electron chi connectivity index (χ0n) is 19.5. The summed E-state index contributed by atoms with van der Waals surface area (Å²) < 4.78 is 66.2. The number of tetrazole rings is 1. The van der Waals surface area contributed by atoms with Crippen molar-refractivity contribution in [2.75, 3.05) is 0 Å². The zero-order chi connectivity index (χ0) is 28.7. The Morgan fingerprint density at radius 1 is 1.08 bits per heavy atom. The Morgan fingerprint density at radius 2 is 1.79 bits per heavy atom. The molecule has 39 heavy (non-hydrogen) atoms. The first-order valence-corrected chi connectivity index (χ1v) is 11.5. The van der Waals surface area contributed by atoms with Crippen LogP contribution in [-0.4, -0.2) is 52.8 Å². The smallest absolute Gasteiger partial charge is 0.366 e. The van der Waals surface area contributed by atoms with Crippen LogP contribution in [0.2, 0.25) is 10.0 Å². The van der Waals surface area contributed by atoms with Crippen LogP contribution in [0.4, 0.5) is 22.0 Å². The van der Waals surface area contributed by atoms with Crippen molar-refractivity contribution in [3.63, 3.8) is 0 Å². The van der Waals surface area contributed by atoms with Gasteiger partial charge in [-0.2, -0.15) is 31.8 Å². The average Bonchev–Trinajstić information content (AvgIpc) is 3.48. The summed E-state index contributed by atoms with van der Waals surface area (Å²) in [7, 11) is 0. The van der Waals surface area contributed by atoms with Crippen molar-refractivity contribution in [1.29, 1.82) is 0 Å². The van der Waals surface area contributed by atoms with E-state index in [2.05, 4.69) is 25.5 Å². The first-order chi connectivity index (χ1) is 18.2. The number of carbonyl (C=O) groups is 2. The quantitative estimate of drug-likeness (QED) is 0.242. The first-order valence-electron chi connectivity index (χ1n) is 10.7. The highest BCUT2D eigenvalue weighted by Crippen LogP contribution is 2.41. The van der Waals surface area contributed by atoms with E-state index >= 15 is 0 Å². The molecule has 17 heteroatoms. The number of hydrogen-bond acceptors (Lipinski definition) is 7. The molecule has 0 bridgehead atoms. The van der Waals surface area contributed by atoms with Gasteiger partial charge in [-0.15, -0.1) is 10.2 Å². The highest BCUT2D eigenvalue weighted by molar-refractivity contribution is 6.32. The van der Waals surface area contributed by atoms with Crippen molar-refractivity contribution < 1.29 is 31.5 Å². The van der Waals surface area contributed by atoms with Gasteiger partial charge in [0, 0.05) is 23.2 Å². The minimum Gasteiger partial charge on any atom is -0.366 e. The average molecular weight is 589 g/mol. The summed E-state index contributed by atoms with van der Waals surface area (Å²) in [4.78, 5) is 30.0. The zero-order valence-corrected chi connectivity index (χ0v) is 21.1. The molecule has 0 saturated heterocycles. The van der Waals surface area contributed by atoms with E-state index in [4.69, 9.17) is 28.9 Å². The second kappa shape index (κ2) is 10.3. The first kappa shape index (κ1) is 28.0. The van der Waals surface area contributed by atoms with Gasteiger partial charge in [-0.05, 0) is 53.6 Å². The van der Waals surface area contributed by atoms with Crippen LogP contribution in [0, 0.1) is 6.92 Å². The second-order valence-corrected chi connectivity index (χ2v) is 9.01. The van der Waals surface area contributed by atoms with Crippen molar-refractivity contribution >= 4 is 34.9 Å². The maximum absolute atomic E-state index is 13.6. The van der Waals surface area contributed by atoms with Crippen molar-refractivity contribution in [2.45, 2.75) is 32.0 Å². The Bertz CT molecular complexity index is 1580. The third kappa shape index (κ3) is 5.59. The number of pyridine rings is 1. The van der Waals surface area contributed by atoms with Crippen LogP contribution in [0.25, 0.3) is 5.82 Å². The summed E-state index contributed by atoms with van der Waals surface area (Å²) in [6.45, 7) is 1.09. The highest BCUT2D eigenvalue weighted by Gasteiger charge is 2.62. The predicted octanol–water partition coefficient (Wildman–Crippen LogP) is 4.10. The fraction of sp³-hybridized carbons (Fsp3) is 0.227. The molecular weight excluding hydrogens is 574 g/mol. The van der Waals surface area contributed by atoms with Gasteiger partial charge in [-0.25, -0.2) is 9.67 Å². The van der Waals surface area contributed by atoms with E-state index in [1.54, 1.807) is 13.0 Å². The molecule has 0 spiro atoms. The maximum atomic E-state index is 13.6. The molecule has 0 aliphatic rings. The molecular formula is C22H15Cl2F5N8O2. The van der Waals surface area contributed by atoms with Gasteiger partial charge in [0.25, 0.3) is 5.82 Å². The molecule has 0 fully saturated rings. The van der Waals surface area contributed by atoms with Gasteiger partial charge < -0.3 is 5.73 Å². The molecule has 0 saturated carbocycles. The van der Waals surface area contributed by atoms with E-state index in [1.165, 1.54) is 30.5 Å². The molecule has 0 radical (unpaired) electrons. The molecule has 3 heterocycles. The van der Waals surface area contributed by atoms with E-state index < -0.39 is 36.2 Å². The number of Topliss-reactive ketones (excluding diaryl/α,β-unsaturated/α-hetero) is 1. The SMILES string of the molecule is Cc1cc(Cl)cc(C(N)=O)c1CC(=O)c1cc(Cn2nnc(C(F)(F)C(F)(F)F)n2)nn1-c1ncccc1Cl. The Kier molecular flexibility index (Phi) is 7.40. The lowest BCUT2D eigenvalue weighted by Gasteiger charge is -2.14. The monoisotopic (exact) mass is 588 g/mol. The molecule has 1 amide bonds. The van der Waals surface area contributed by atoms with E-state index in [0.29, 0.717) is 15.9 Å². The largest absolute Gasteiger partial charge is 0.461 e. The number of carbonyl (C=O) groups excluding carboxylic acids is 2. The summed E-state index contributed by atoms with van der Waals surface area (Å²) in [5, 5.41) is 13.7. The predicted molar refractivity (Wildman–Crippen MR) is 126 cm³/mol. The second-order valence-electron chi connectivity index (χ2n) is 8.17. The standard InChI is InChI=1S/C22H15Cl2F5N8O2/c1-10-5-11(23)6-14(18(30)39)13(10)8-17(38)16-7-12(33-37(16)19-15(24)3-2-4-31-19)9-36-34-20(32-35-36)21(25,26)22(27,28)29/h2-7H,8-9H2,1H3,(H2,30,39). The van der Waals surface area contributed by atoms with E-state index in [0.717, 1.165) is 4.68 Å². The van der Waals surface area contributed by atoms with Gasteiger partial charge >= 0.3 is 12.1 Å². The molecule has 1 aromatic carbocycles. The number of primary amides is 1. The number of amides is 1. The molecule has 0 atom stereocenters. The summed E-state index contributed by atoms with van der Waals surface area (Å²) in [5.74, 6) is -8.56. The molecule has 0 aliphatic carbocycles. The normalized spacial score (nSPS) is 12.1. The van der Waals surface area contributed by atoms with E-state index in [-0.39, 0.29) is 39.2 Å². The van der Waals surface area contributed by atoms with Crippen LogP contribution in [-0.2, 0) is 18.9 Å². The van der Waals surface area contributed by atoms with Crippen LogP contribution in [0.5, 0.6) is 0 Å². The fourth-order valence-corrected chi connectivity index (χ4v) is 4.06. The summed E-state index contributed by atoms with van der Waals surface area (Å²) in [6, 6.07) is 7.09. The number of halogens is 7. The van der Waals surface area contributed by atoms with Crippen LogP contribution < -0.4 is 5.73 Å². The lowest BCUT2D eigenvalue weighted by Crippen LogP contribution is -2.35. The van der Waals surface area contributed by atoms with E-state index in [9.17, 15) is 31.5 Å². The van der Waals surface area contributed by atoms with Crippen molar-refractivity contribution in [3.8, 4) is 5.82 Å². The Balaban J connectivity index is 1.74. The van der Waals surface area contributed by atoms with Gasteiger partial charge in [-0.1, -0.05) is 23.2 Å². The minimum atomic E-state index is -5.93. The van der Waals surface area contributed by atoms with Gasteiger partial charge in [0.15, 0.2) is 11.6 Å². The summed E-state index contributed by atoms with van der Waals surface area (Å²) >= 11 is 12.2. The van der Waals surface area contributed by atoms with E-state index in [1.807, 2.05) is 0 Å². The summed E-state index contributed by atoms with van der Waals surface area (Å²) in [6.07, 6.45) is -4.89. The fourth-order valence-electron chi connectivity index (χ4n) is 3.59. The molecule has 2 N–H and O–H groups in total. The molecule has 0 unspecified atom stereocenters. The molecule has 4 aromatic rings. The third-order valence-corrected chi connectivity index (χ3v) is 5.93. The van der Waals surface area contributed by atoms with Crippen LogP contribution in [0.3, 0.4) is 0 Å². The number of rotatable bonds is 8. The number of nitrogens with two attached hydrogens (primary N) is 1. The van der Waals surface area contributed by atoms with Gasteiger partial charge in [0.1, 0.15) is 12.2 Å². The van der Waals surface area contributed by atoms with Crippen LogP contribution >= 0.6 is 23.2 Å². The molecule has 4 rings (SSSR count). The van der Waals surface area contributed by atoms with Crippen molar-refractivity contribution in [3.05, 3.63) is 80.5 Å². The molecule has 3 aromatic heterocycles. The lowest BCUT2D eigenvalue weighted by atomic mass is 9.95. The number of aryl methyl sites for hydroxylation is 1. The number of aromatic nitrogens is 7. The Morgan fingerprint density at radius 3 is 2.44 bits per heavy atom. The van der Waals surface area contributed by atoms with Crippen molar-refractivity contribution in [1.82, 2.24) is 35.0 Å². The molecule has 0 aliphatic heterocycles. The van der Waals surface area contributed by atoms with Crippen LogP contribution in [0.1, 0.15) is 43.5 Å². The highest BCUT2D eigenvalue weighted by atomic mass is 35.5. The Labute approximate surface area is 225 Å². The molecule has 10 nitrogen and oxygen atoms in total. The number of alkyl halides is 5. The number of benzene rings is 1. The lowest BCUT2D eigenvalue weighted by molar-refractivity contribution is -0.292. The summed E-state index contributed by atoms with van der Waals surface area (Å²) in [5.41, 5.74) is 6.17. The number of hydrogen-bond donors (Lipinski definition) is 1. The van der Waals surface area contributed by atoms with Gasteiger partial charge in [0.2, 0.25) is 5.91 Å². The topological polar surface area (TPSA) is 134 Å². The number of nitrogens with zero attached hydrogens (tertiary/aromatic N) is 7. The van der Waals surface area contributed by atoms with Crippen LogP contribution in [0.15, 0.2) is 36.5 Å². The van der Waals surface area contributed by atoms with Gasteiger partial charge in [0.05, 0.1) is 10.7 Å². The Hall–Kier alpha value is -3.98. The minimum absolute atomic E-state index is 0.0209. The van der Waals surface area contributed by atoms with Crippen molar-refractivity contribution in [2.24, 2.45) is 5.73 Å².